The molecule has 1 N–H and O–H groups in total. The first kappa shape index (κ1) is 26.0. The number of halogens is 2. The van der Waals surface area contributed by atoms with Crippen molar-refractivity contribution in [3.8, 4) is 0 Å². The van der Waals surface area contributed by atoms with Crippen LogP contribution >= 0.6 is 23.2 Å². The van der Waals surface area contributed by atoms with E-state index in [2.05, 4.69) is 5.32 Å². The molecule has 34 heavy (non-hydrogen) atoms. The van der Waals surface area contributed by atoms with Crippen molar-refractivity contribution in [3.05, 3.63) is 63.6 Å². The van der Waals surface area contributed by atoms with Gasteiger partial charge in [-0.15, -0.1) is 0 Å². The van der Waals surface area contributed by atoms with Crippen molar-refractivity contribution >= 4 is 50.9 Å². The lowest BCUT2D eigenvalue weighted by Crippen LogP contribution is -2.48. The first-order chi connectivity index (χ1) is 16.1. The number of fused-ring (bicyclic) bond motifs is 1. The largest absolute Gasteiger partial charge is 0.357 e. The Morgan fingerprint density at radius 2 is 1.82 bits per heavy atom. The first-order valence-electron chi connectivity index (χ1n) is 10.7. The summed E-state index contributed by atoms with van der Waals surface area (Å²) in [5, 5.41) is 3.28. The maximum absolute atomic E-state index is 13.2. The molecule has 1 aliphatic rings. The summed E-state index contributed by atoms with van der Waals surface area (Å²) in [7, 11) is -2.45. The minimum absolute atomic E-state index is 0.0294. The molecule has 0 fully saturated rings. The lowest BCUT2D eigenvalue weighted by atomic mass is 10.1. The Morgan fingerprint density at radius 3 is 2.44 bits per heavy atom. The molecule has 0 saturated heterocycles. The highest BCUT2D eigenvalue weighted by molar-refractivity contribution is 7.90. The molecular weight excluding hydrogens is 501 g/mol. The molecule has 3 rings (SSSR count). The van der Waals surface area contributed by atoms with Crippen LogP contribution in [0.15, 0.2) is 47.4 Å². The monoisotopic (exact) mass is 525 g/mol. The molecule has 8 nitrogen and oxygen atoms in total. The minimum atomic E-state index is -3.94. The number of hydrogen-bond donors (Lipinski definition) is 1. The van der Waals surface area contributed by atoms with Crippen LogP contribution < -0.4 is 5.32 Å². The van der Waals surface area contributed by atoms with Gasteiger partial charge in [-0.2, -0.15) is 0 Å². The fourth-order valence-electron chi connectivity index (χ4n) is 3.89. The number of amides is 3. The zero-order chi connectivity index (χ0) is 25.0. The number of rotatable bonds is 9. The summed E-state index contributed by atoms with van der Waals surface area (Å²) in [6.07, 6.45) is 0.436. The van der Waals surface area contributed by atoms with Crippen molar-refractivity contribution in [1.29, 1.82) is 0 Å². The van der Waals surface area contributed by atoms with Crippen molar-refractivity contribution in [3.63, 3.8) is 0 Å². The summed E-state index contributed by atoms with van der Waals surface area (Å²) in [6, 6.07) is 10.3. The van der Waals surface area contributed by atoms with Crippen LogP contribution in [-0.4, -0.2) is 55.0 Å². The standard InChI is InChI=1S/C23H25Cl2N3O5S/c1-3-19(22(30)26-2)27(14-15-10-11-17(24)18(25)13-15)21(29)9-6-12-28-23(31)16-7-4-5-8-20(16)34(28,32)33/h4-5,7-8,10-11,13,19H,3,6,9,12,14H2,1-2H3,(H,26,30). The third-order valence-electron chi connectivity index (χ3n) is 5.63. The summed E-state index contributed by atoms with van der Waals surface area (Å²) in [6.45, 7) is 1.77. The minimum Gasteiger partial charge on any atom is -0.357 e. The molecule has 0 aromatic heterocycles. The molecule has 2 aromatic rings. The number of hydrogen-bond acceptors (Lipinski definition) is 5. The van der Waals surface area contributed by atoms with E-state index in [0.29, 0.717) is 22.0 Å². The number of benzene rings is 2. The van der Waals surface area contributed by atoms with Crippen LogP contribution in [-0.2, 0) is 26.2 Å². The highest BCUT2D eigenvalue weighted by atomic mass is 35.5. The first-order valence-corrected chi connectivity index (χ1v) is 12.9. The molecule has 11 heteroatoms. The fraction of sp³-hybridized carbons (Fsp3) is 0.348. The molecule has 1 heterocycles. The predicted octanol–water partition coefficient (Wildman–Crippen LogP) is 3.47. The molecule has 1 atom stereocenters. The van der Waals surface area contributed by atoms with Gasteiger partial charge in [0.05, 0.1) is 15.6 Å². The number of carbonyl (C=O) groups is 3. The molecule has 0 saturated carbocycles. The molecular formula is C23H25Cl2N3O5S. The number of nitrogens with zero attached hydrogens (tertiary/aromatic N) is 2. The van der Waals surface area contributed by atoms with Crippen LogP contribution in [0, 0.1) is 0 Å². The van der Waals surface area contributed by atoms with Crippen molar-refractivity contribution in [1.82, 2.24) is 14.5 Å². The van der Waals surface area contributed by atoms with E-state index in [1.165, 1.54) is 24.1 Å². The molecule has 1 unspecified atom stereocenters. The van der Waals surface area contributed by atoms with Gasteiger partial charge in [-0.25, -0.2) is 12.7 Å². The lowest BCUT2D eigenvalue weighted by Gasteiger charge is -2.30. The average Bonchev–Trinajstić information content (AvgIpc) is 3.01. The summed E-state index contributed by atoms with van der Waals surface area (Å²) in [5.41, 5.74) is 0.818. The zero-order valence-electron chi connectivity index (χ0n) is 18.8. The van der Waals surface area contributed by atoms with Crippen LogP contribution in [0.25, 0.3) is 0 Å². The zero-order valence-corrected chi connectivity index (χ0v) is 21.1. The summed E-state index contributed by atoms with van der Waals surface area (Å²) >= 11 is 12.1. The van der Waals surface area contributed by atoms with Gasteiger partial charge in [0.1, 0.15) is 10.9 Å². The number of likely N-dealkylation sites (N-methyl/N-ethyl adjacent to an activating group) is 1. The molecule has 0 radical (unpaired) electrons. The topological polar surface area (TPSA) is 104 Å². The second-order valence-electron chi connectivity index (χ2n) is 7.79. The maximum atomic E-state index is 13.2. The van der Waals surface area contributed by atoms with Gasteiger partial charge < -0.3 is 10.2 Å². The molecule has 0 aliphatic carbocycles. The van der Waals surface area contributed by atoms with Crippen molar-refractivity contribution in [2.45, 2.75) is 43.7 Å². The van der Waals surface area contributed by atoms with Crippen LogP contribution in [0.1, 0.15) is 42.1 Å². The molecule has 1 aliphatic heterocycles. The third-order valence-corrected chi connectivity index (χ3v) is 8.21. The van der Waals surface area contributed by atoms with Gasteiger partial charge in [-0.1, -0.05) is 48.3 Å². The van der Waals surface area contributed by atoms with Crippen molar-refractivity contribution < 1.29 is 22.8 Å². The van der Waals surface area contributed by atoms with Crippen LogP contribution in [0.4, 0.5) is 0 Å². The SMILES string of the molecule is CCC(C(=O)NC)N(Cc1ccc(Cl)c(Cl)c1)C(=O)CCCN1C(=O)c2ccccc2S1(=O)=O. The van der Waals surface area contributed by atoms with Gasteiger partial charge in [0.2, 0.25) is 11.8 Å². The second kappa shape index (κ2) is 10.8. The Balaban J connectivity index is 1.74. The van der Waals surface area contributed by atoms with Gasteiger partial charge in [0.15, 0.2) is 0 Å². The van der Waals surface area contributed by atoms with E-state index in [-0.39, 0.29) is 48.2 Å². The van der Waals surface area contributed by atoms with E-state index in [9.17, 15) is 22.8 Å². The van der Waals surface area contributed by atoms with Crippen molar-refractivity contribution in [2.75, 3.05) is 13.6 Å². The van der Waals surface area contributed by atoms with Gasteiger partial charge >= 0.3 is 0 Å². The quantitative estimate of drug-likeness (QED) is 0.539. The van der Waals surface area contributed by atoms with Gasteiger partial charge in [0.25, 0.3) is 15.9 Å². The Morgan fingerprint density at radius 1 is 1.12 bits per heavy atom. The smallest absolute Gasteiger partial charge is 0.269 e. The normalized spacial score (nSPS) is 15.1. The average molecular weight is 526 g/mol. The van der Waals surface area contributed by atoms with Crippen molar-refractivity contribution in [2.24, 2.45) is 0 Å². The third kappa shape index (κ3) is 5.21. The van der Waals surface area contributed by atoms with E-state index in [0.717, 1.165) is 4.31 Å². The Hall–Kier alpha value is -2.62. The number of nitrogens with one attached hydrogen (secondary N) is 1. The number of sulfonamides is 1. The maximum Gasteiger partial charge on any atom is 0.269 e. The molecule has 0 spiro atoms. The van der Waals surface area contributed by atoms with Gasteiger partial charge in [-0.3, -0.25) is 14.4 Å². The van der Waals surface area contributed by atoms with Crippen LogP contribution in [0.5, 0.6) is 0 Å². The predicted molar refractivity (Wildman–Crippen MR) is 129 cm³/mol. The summed E-state index contributed by atoms with van der Waals surface area (Å²) in [4.78, 5) is 39.6. The van der Waals surface area contributed by atoms with E-state index >= 15 is 0 Å². The molecule has 182 valence electrons. The number of carbonyl (C=O) groups excluding carboxylic acids is 3. The molecule has 0 bridgehead atoms. The van der Waals surface area contributed by atoms with Crippen LogP contribution in [0.3, 0.4) is 0 Å². The fourth-order valence-corrected chi connectivity index (χ4v) is 5.82. The Kier molecular flexibility index (Phi) is 8.22. The highest BCUT2D eigenvalue weighted by Crippen LogP contribution is 2.30. The Bertz CT molecular complexity index is 1220. The Labute approximate surface area is 208 Å². The van der Waals surface area contributed by atoms with E-state index in [1.54, 1.807) is 37.3 Å². The van der Waals surface area contributed by atoms with Gasteiger partial charge in [-0.05, 0) is 42.7 Å². The van der Waals surface area contributed by atoms with E-state index in [1.807, 2.05) is 0 Å². The summed E-state index contributed by atoms with van der Waals surface area (Å²) < 4.78 is 26.2. The van der Waals surface area contributed by atoms with E-state index in [4.69, 9.17) is 23.2 Å². The second-order valence-corrected chi connectivity index (χ2v) is 10.4. The lowest BCUT2D eigenvalue weighted by molar-refractivity contribution is -0.141. The summed E-state index contributed by atoms with van der Waals surface area (Å²) in [5.74, 6) is -1.26. The molecule has 3 amide bonds. The van der Waals surface area contributed by atoms with Gasteiger partial charge in [0, 0.05) is 26.6 Å². The molecule has 2 aromatic carbocycles. The highest BCUT2D eigenvalue weighted by Gasteiger charge is 2.40. The van der Waals surface area contributed by atoms with Crippen LogP contribution in [0.2, 0.25) is 10.0 Å². The van der Waals surface area contributed by atoms with E-state index < -0.39 is 22.0 Å².